The number of benzene rings is 2. The van der Waals surface area contributed by atoms with Crippen LogP contribution in [0.5, 0.6) is 5.75 Å². The first-order valence-corrected chi connectivity index (χ1v) is 10.7. The van der Waals surface area contributed by atoms with Gasteiger partial charge in [-0.05, 0) is 67.1 Å². The maximum atomic E-state index is 13.3. The van der Waals surface area contributed by atoms with Crippen molar-refractivity contribution in [3.8, 4) is 5.75 Å². The van der Waals surface area contributed by atoms with Crippen LogP contribution < -0.4 is 15.6 Å². The Labute approximate surface area is 200 Å². The number of nitrogens with zero attached hydrogens (tertiary/aromatic N) is 2. The molecule has 172 valence electrons. The summed E-state index contributed by atoms with van der Waals surface area (Å²) >= 11 is 5.96. The van der Waals surface area contributed by atoms with Crippen LogP contribution in [0.15, 0.2) is 66.9 Å². The monoisotopic (exact) mass is 476 g/mol. The second-order valence-electron chi connectivity index (χ2n) is 7.49. The number of carbonyl (C=O) groups is 3. The van der Waals surface area contributed by atoms with Crippen molar-refractivity contribution in [2.24, 2.45) is 0 Å². The molecule has 9 heteroatoms. The lowest BCUT2D eigenvalue weighted by Crippen LogP contribution is -2.42. The Balaban J connectivity index is 1.64. The summed E-state index contributed by atoms with van der Waals surface area (Å²) in [5.41, 5.74) is 7.28. The van der Waals surface area contributed by atoms with Gasteiger partial charge in [-0.1, -0.05) is 17.7 Å². The Bertz CT molecular complexity index is 1380. The summed E-state index contributed by atoms with van der Waals surface area (Å²) in [5, 5.41) is 1.23. The van der Waals surface area contributed by atoms with E-state index in [2.05, 4.69) is 15.8 Å². The van der Waals surface area contributed by atoms with E-state index in [1.54, 1.807) is 73.2 Å². The number of carbonyl (C=O) groups excluding carboxylic acids is 3. The number of rotatable bonds is 5. The van der Waals surface area contributed by atoms with Crippen LogP contribution in [-0.4, -0.2) is 34.4 Å². The van der Waals surface area contributed by atoms with Gasteiger partial charge < -0.3 is 4.74 Å². The van der Waals surface area contributed by atoms with Crippen molar-refractivity contribution < 1.29 is 19.1 Å². The second kappa shape index (κ2) is 9.76. The predicted molar refractivity (Wildman–Crippen MR) is 128 cm³/mol. The van der Waals surface area contributed by atoms with Gasteiger partial charge in [0.1, 0.15) is 11.4 Å². The maximum Gasteiger partial charge on any atom is 0.288 e. The Morgan fingerprint density at radius 3 is 2.47 bits per heavy atom. The number of aromatic nitrogens is 2. The third kappa shape index (κ3) is 4.62. The van der Waals surface area contributed by atoms with Gasteiger partial charge in [-0.2, -0.15) is 0 Å². The molecule has 2 amide bonds. The molecule has 4 rings (SSSR count). The molecule has 0 fully saturated rings. The van der Waals surface area contributed by atoms with Crippen LogP contribution in [0.3, 0.4) is 0 Å². The van der Waals surface area contributed by atoms with E-state index in [9.17, 15) is 14.4 Å². The number of methoxy groups -OCH3 is 1. The topological polar surface area (TPSA) is 102 Å². The van der Waals surface area contributed by atoms with Crippen LogP contribution >= 0.6 is 11.6 Å². The maximum absolute atomic E-state index is 13.3. The molecular weight excluding hydrogens is 456 g/mol. The zero-order chi connectivity index (χ0) is 24.2. The van der Waals surface area contributed by atoms with Gasteiger partial charge in [-0.3, -0.25) is 34.8 Å². The van der Waals surface area contributed by atoms with E-state index in [0.29, 0.717) is 38.5 Å². The summed E-state index contributed by atoms with van der Waals surface area (Å²) in [7, 11) is 1.55. The molecule has 0 aliphatic carbocycles. The fraction of sp³-hybridized carbons (Fsp3) is 0.120. The predicted octanol–water partition coefficient (Wildman–Crippen LogP) is 3.70. The lowest BCUT2D eigenvalue weighted by molar-refractivity contribution is -0.121. The number of pyridine rings is 1. The number of amides is 2. The molecule has 0 aliphatic heterocycles. The van der Waals surface area contributed by atoms with Crippen LogP contribution in [-0.2, 0) is 11.2 Å². The van der Waals surface area contributed by atoms with Crippen LogP contribution in [0.1, 0.15) is 32.1 Å². The Hall–Kier alpha value is -4.17. The van der Waals surface area contributed by atoms with Crippen molar-refractivity contribution in [3.05, 3.63) is 94.4 Å². The number of hydrogen-bond acceptors (Lipinski definition) is 5. The van der Waals surface area contributed by atoms with Gasteiger partial charge in [0.2, 0.25) is 5.91 Å². The summed E-state index contributed by atoms with van der Waals surface area (Å²) < 4.78 is 6.91. The normalized spacial score (nSPS) is 10.7. The number of fused-ring (bicyclic) bond motifs is 1. The summed E-state index contributed by atoms with van der Waals surface area (Å²) in [6.45, 7) is 1.77. The fourth-order valence-corrected chi connectivity index (χ4v) is 3.81. The van der Waals surface area contributed by atoms with E-state index < -0.39 is 11.8 Å². The van der Waals surface area contributed by atoms with E-state index in [-0.39, 0.29) is 18.0 Å². The highest BCUT2D eigenvalue weighted by molar-refractivity contribution is 6.30. The highest BCUT2D eigenvalue weighted by Gasteiger charge is 2.22. The van der Waals surface area contributed by atoms with Gasteiger partial charge in [-0.15, -0.1) is 0 Å². The highest BCUT2D eigenvalue weighted by atomic mass is 35.5. The number of halogens is 1. The molecule has 2 N–H and O–H groups in total. The highest BCUT2D eigenvalue weighted by Crippen LogP contribution is 2.30. The molecule has 2 heterocycles. The van der Waals surface area contributed by atoms with Gasteiger partial charge in [0.15, 0.2) is 0 Å². The van der Waals surface area contributed by atoms with Gasteiger partial charge in [0.25, 0.3) is 11.8 Å². The zero-order valence-electron chi connectivity index (χ0n) is 18.5. The van der Waals surface area contributed by atoms with Crippen molar-refractivity contribution in [1.29, 1.82) is 0 Å². The van der Waals surface area contributed by atoms with Crippen molar-refractivity contribution >= 4 is 40.2 Å². The van der Waals surface area contributed by atoms with Gasteiger partial charge in [-0.25, -0.2) is 0 Å². The average molecular weight is 477 g/mol. The molecule has 0 atom stereocenters. The smallest absolute Gasteiger partial charge is 0.288 e. The van der Waals surface area contributed by atoms with Gasteiger partial charge >= 0.3 is 0 Å². The summed E-state index contributed by atoms with van der Waals surface area (Å²) in [6, 6.07) is 16.8. The van der Waals surface area contributed by atoms with E-state index in [4.69, 9.17) is 16.3 Å². The second-order valence-corrected chi connectivity index (χ2v) is 7.92. The molecule has 4 aromatic rings. The summed E-state index contributed by atoms with van der Waals surface area (Å²) in [4.78, 5) is 42.2. The third-order valence-electron chi connectivity index (χ3n) is 5.39. The number of hydrogen-bond donors (Lipinski definition) is 2. The minimum absolute atomic E-state index is 0.0705. The Morgan fingerprint density at radius 1 is 1.03 bits per heavy atom. The van der Waals surface area contributed by atoms with Crippen LogP contribution in [0, 0.1) is 6.92 Å². The molecule has 0 bridgehead atoms. The third-order valence-corrected chi connectivity index (χ3v) is 5.64. The molecule has 0 spiro atoms. The van der Waals surface area contributed by atoms with E-state index in [1.807, 2.05) is 0 Å². The lowest BCUT2D eigenvalue weighted by Gasteiger charge is -2.09. The molecule has 8 nitrogen and oxygen atoms in total. The van der Waals surface area contributed by atoms with Crippen molar-refractivity contribution in [3.63, 3.8) is 0 Å². The zero-order valence-corrected chi connectivity index (χ0v) is 19.2. The molecule has 0 aliphatic rings. The van der Waals surface area contributed by atoms with Gasteiger partial charge in [0.05, 0.1) is 19.0 Å². The van der Waals surface area contributed by atoms with E-state index >= 15 is 0 Å². The number of nitrogens with one attached hydrogen (secondary N) is 2. The minimum atomic E-state index is -0.535. The van der Waals surface area contributed by atoms with Crippen molar-refractivity contribution in [2.75, 3.05) is 7.11 Å². The molecule has 34 heavy (non-hydrogen) atoms. The van der Waals surface area contributed by atoms with Crippen LogP contribution in [0.4, 0.5) is 0 Å². The van der Waals surface area contributed by atoms with Crippen molar-refractivity contribution in [2.45, 2.75) is 13.3 Å². The molecule has 0 saturated carbocycles. The fourth-order valence-electron chi connectivity index (χ4n) is 3.69. The SMILES string of the molecule is COc1ccc2c(c1)c(CC(=O)NNC(=O)c1ccccn1)c(C)n2C(=O)c1ccc(Cl)cc1. The van der Waals surface area contributed by atoms with Crippen LogP contribution in [0.25, 0.3) is 10.9 Å². The Kier molecular flexibility index (Phi) is 6.60. The van der Waals surface area contributed by atoms with Gasteiger partial charge in [0, 0.05) is 27.9 Å². The summed E-state index contributed by atoms with van der Waals surface area (Å²) in [5.74, 6) is -0.644. The van der Waals surface area contributed by atoms with Crippen molar-refractivity contribution in [1.82, 2.24) is 20.4 Å². The number of hydrazine groups is 1. The van der Waals surface area contributed by atoms with E-state index in [0.717, 1.165) is 0 Å². The molecule has 0 unspecified atom stereocenters. The molecule has 2 aromatic carbocycles. The first-order chi connectivity index (χ1) is 16.4. The molecule has 0 saturated heterocycles. The summed E-state index contributed by atoms with van der Waals surface area (Å²) in [6.07, 6.45) is 1.42. The molecule has 2 aromatic heterocycles. The number of ether oxygens (including phenoxy) is 1. The first-order valence-electron chi connectivity index (χ1n) is 10.4. The lowest BCUT2D eigenvalue weighted by atomic mass is 10.1. The largest absolute Gasteiger partial charge is 0.497 e. The Morgan fingerprint density at radius 2 is 1.79 bits per heavy atom. The quantitative estimate of drug-likeness (QED) is 0.428. The first kappa shape index (κ1) is 23.0. The average Bonchev–Trinajstić information content (AvgIpc) is 3.13. The molecular formula is C25H21ClN4O4. The minimum Gasteiger partial charge on any atom is -0.497 e. The van der Waals surface area contributed by atoms with E-state index in [1.165, 1.54) is 12.3 Å². The van der Waals surface area contributed by atoms with Crippen LogP contribution in [0.2, 0.25) is 5.02 Å². The molecule has 0 radical (unpaired) electrons. The standard InChI is InChI=1S/C25H21ClN4O4/c1-15-19(14-23(31)28-29-24(32)21-5-3-4-12-27-21)20-13-18(34-2)10-11-22(20)30(15)25(33)16-6-8-17(26)9-7-16/h3-13H,14H2,1-2H3,(H,28,31)(H,29,32).